The number of rotatable bonds is 5. The van der Waals surface area contributed by atoms with Crippen molar-refractivity contribution in [3.05, 3.63) is 12.2 Å². The molecule has 0 saturated heterocycles. The molecule has 10 heteroatoms. The predicted octanol–water partition coefficient (Wildman–Crippen LogP) is -1.09. The molecule has 0 atom stereocenters. The maximum atomic E-state index is 5.24. The fraction of sp³-hybridized carbons (Fsp3) is 0.375. The van der Waals surface area contributed by atoms with Gasteiger partial charge in [-0.2, -0.15) is 15.0 Å². The van der Waals surface area contributed by atoms with Gasteiger partial charge in [-0.1, -0.05) is 0 Å². The van der Waals surface area contributed by atoms with Crippen molar-refractivity contribution >= 4 is 11.9 Å². The fourth-order valence-corrected chi connectivity index (χ4v) is 1.22. The lowest BCUT2D eigenvalue weighted by molar-refractivity contribution is 0.379. The third-order valence-electron chi connectivity index (χ3n) is 2.14. The number of ether oxygens (including phenoxy) is 1. The van der Waals surface area contributed by atoms with Crippen LogP contribution in [0.25, 0.3) is 0 Å². The first-order chi connectivity index (χ1) is 8.72. The van der Waals surface area contributed by atoms with Crippen LogP contribution >= 0.6 is 0 Å². The maximum Gasteiger partial charge on any atom is 0.322 e. The Kier molecular flexibility index (Phi) is 3.48. The Hall–Kier alpha value is -2.49. The summed E-state index contributed by atoms with van der Waals surface area (Å²) in [5.74, 6) is 6.53. The van der Waals surface area contributed by atoms with Crippen molar-refractivity contribution in [2.75, 3.05) is 17.9 Å². The second-order valence-electron chi connectivity index (χ2n) is 3.33. The minimum atomic E-state index is 0.165. The zero-order valence-electron chi connectivity index (χ0n) is 9.95. The zero-order chi connectivity index (χ0) is 13.0. The molecule has 0 aliphatic heterocycles. The van der Waals surface area contributed by atoms with E-state index in [2.05, 4.69) is 35.9 Å². The number of anilines is 2. The molecule has 0 spiro atoms. The molecule has 0 unspecified atom stereocenters. The Bertz CT molecular complexity index is 503. The Morgan fingerprint density at radius 3 is 2.72 bits per heavy atom. The summed E-state index contributed by atoms with van der Waals surface area (Å²) in [5, 5.41) is 10.7. The van der Waals surface area contributed by atoms with Crippen molar-refractivity contribution in [2.24, 2.45) is 12.9 Å². The van der Waals surface area contributed by atoms with E-state index in [1.54, 1.807) is 10.9 Å². The number of aryl methyl sites for hydroxylation is 1. The van der Waals surface area contributed by atoms with Gasteiger partial charge in [-0.25, -0.2) is 5.84 Å². The number of nitrogen functional groups attached to an aromatic ring is 1. The summed E-state index contributed by atoms with van der Waals surface area (Å²) in [7, 11) is 3.31. The molecule has 96 valence electrons. The molecular weight excluding hydrogens is 238 g/mol. The molecule has 0 aromatic carbocycles. The number of nitrogens with zero attached hydrogens (tertiary/aromatic N) is 6. The standard InChI is InChI=1S/C8H13N9O/c1-17-4-11-16-5(17)3-10-6-12-7(15-9)14-8(13-6)18-2/h4H,3,9H2,1-2H3,(H2,10,12,13,14,15). The first-order valence-corrected chi connectivity index (χ1v) is 5.06. The van der Waals surface area contributed by atoms with Gasteiger partial charge in [0.15, 0.2) is 5.82 Å². The Balaban J connectivity index is 2.11. The molecule has 2 aromatic heterocycles. The van der Waals surface area contributed by atoms with E-state index in [1.807, 2.05) is 7.05 Å². The van der Waals surface area contributed by atoms with Crippen LogP contribution in [0.5, 0.6) is 6.01 Å². The van der Waals surface area contributed by atoms with Crippen molar-refractivity contribution in [1.29, 1.82) is 0 Å². The largest absolute Gasteiger partial charge is 0.467 e. The Labute approximate surface area is 103 Å². The van der Waals surface area contributed by atoms with Crippen LogP contribution in [-0.4, -0.2) is 36.8 Å². The number of hydrogen-bond acceptors (Lipinski definition) is 9. The highest BCUT2D eigenvalue weighted by Gasteiger charge is 2.07. The van der Waals surface area contributed by atoms with E-state index >= 15 is 0 Å². The van der Waals surface area contributed by atoms with Crippen LogP contribution in [0.15, 0.2) is 6.33 Å². The van der Waals surface area contributed by atoms with E-state index < -0.39 is 0 Å². The first-order valence-electron chi connectivity index (χ1n) is 5.06. The highest BCUT2D eigenvalue weighted by atomic mass is 16.5. The van der Waals surface area contributed by atoms with Crippen LogP contribution in [0.3, 0.4) is 0 Å². The minimum Gasteiger partial charge on any atom is -0.467 e. The zero-order valence-corrected chi connectivity index (χ0v) is 9.95. The fourth-order valence-electron chi connectivity index (χ4n) is 1.22. The molecule has 2 aromatic rings. The van der Waals surface area contributed by atoms with Gasteiger partial charge in [-0.05, 0) is 0 Å². The molecule has 18 heavy (non-hydrogen) atoms. The topological polar surface area (TPSA) is 129 Å². The number of hydrogen-bond donors (Lipinski definition) is 3. The van der Waals surface area contributed by atoms with Crippen LogP contribution in [0, 0.1) is 0 Å². The summed E-state index contributed by atoms with van der Waals surface area (Å²) in [6, 6.07) is 0.165. The highest BCUT2D eigenvalue weighted by Crippen LogP contribution is 2.10. The van der Waals surface area contributed by atoms with Crippen molar-refractivity contribution in [2.45, 2.75) is 6.54 Å². The van der Waals surface area contributed by atoms with Crippen molar-refractivity contribution in [3.63, 3.8) is 0 Å². The van der Waals surface area contributed by atoms with Crippen molar-refractivity contribution in [1.82, 2.24) is 29.7 Å². The van der Waals surface area contributed by atoms with Crippen LogP contribution < -0.4 is 21.3 Å². The average molecular weight is 251 g/mol. The van der Waals surface area contributed by atoms with Crippen LogP contribution in [-0.2, 0) is 13.6 Å². The molecule has 0 amide bonds. The van der Waals surface area contributed by atoms with Gasteiger partial charge >= 0.3 is 6.01 Å². The lowest BCUT2D eigenvalue weighted by atomic mass is 10.6. The molecule has 0 fully saturated rings. The third-order valence-corrected chi connectivity index (χ3v) is 2.14. The van der Waals surface area contributed by atoms with Gasteiger partial charge < -0.3 is 14.6 Å². The Morgan fingerprint density at radius 2 is 2.11 bits per heavy atom. The number of methoxy groups -OCH3 is 1. The van der Waals surface area contributed by atoms with Gasteiger partial charge in [0.2, 0.25) is 11.9 Å². The summed E-state index contributed by atoms with van der Waals surface area (Å²) in [6.45, 7) is 0.424. The average Bonchev–Trinajstić information content (AvgIpc) is 2.81. The van der Waals surface area contributed by atoms with Crippen LogP contribution in [0.4, 0.5) is 11.9 Å². The van der Waals surface area contributed by atoms with E-state index in [4.69, 9.17) is 10.6 Å². The summed E-state index contributed by atoms with van der Waals surface area (Å²) in [5.41, 5.74) is 2.33. The minimum absolute atomic E-state index is 0.165. The normalized spacial score (nSPS) is 10.2. The summed E-state index contributed by atoms with van der Waals surface area (Å²) < 4.78 is 6.71. The number of aromatic nitrogens is 6. The second kappa shape index (κ2) is 5.23. The second-order valence-corrected chi connectivity index (χ2v) is 3.33. The summed E-state index contributed by atoms with van der Waals surface area (Å²) in [4.78, 5) is 11.9. The molecule has 10 nitrogen and oxygen atoms in total. The molecule has 0 bridgehead atoms. The molecule has 2 heterocycles. The molecule has 0 saturated carbocycles. The SMILES string of the molecule is COc1nc(NN)nc(NCc2nncn2C)n1. The number of hydrazine groups is 1. The van der Waals surface area contributed by atoms with Gasteiger partial charge in [-0.15, -0.1) is 10.2 Å². The van der Waals surface area contributed by atoms with Crippen LogP contribution in [0.2, 0.25) is 0 Å². The van der Waals surface area contributed by atoms with Crippen LogP contribution in [0.1, 0.15) is 5.82 Å². The summed E-state index contributed by atoms with van der Waals surface area (Å²) >= 11 is 0. The quantitative estimate of drug-likeness (QED) is 0.448. The maximum absolute atomic E-state index is 5.24. The molecule has 4 N–H and O–H groups in total. The number of nitrogens with two attached hydrogens (primary N) is 1. The molecule has 2 rings (SSSR count). The summed E-state index contributed by atoms with van der Waals surface area (Å²) in [6.07, 6.45) is 1.61. The van der Waals surface area contributed by atoms with Gasteiger partial charge in [0.05, 0.1) is 13.7 Å². The van der Waals surface area contributed by atoms with Crippen molar-refractivity contribution < 1.29 is 4.74 Å². The predicted molar refractivity (Wildman–Crippen MR) is 62.5 cm³/mol. The third kappa shape index (κ3) is 2.60. The lowest BCUT2D eigenvalue weighted by Gasteiger charge is -2.07. The van der Waals surface area contributed by atoms with E-state index in [0.29, 0.717) is 12.5 Å². The lowest BCUT2D eigenvalue weighted by Crippen LogP contribution is -2.14. The molecule has 0 aliphatic carbocycles. The molecule has 0 radical (unpaired) electrons. The monoisotopic (exact) mass is 251 g/mol. The van der Waals surface area contributed by atoms with Gasteiger partial charge in [0.1, 0.15) is 6.33 Å². The van der Waals surface area contributed by atoms with Crippen molar-refractivity contribution in [3.8, 4) is 6.01 Å². The van der Waals surface area contributed by atoms with E-state index in [1.165, 1.54) is 7.11 Å². The van der Waals surface area contributed by atoms with Gasteiger partial charge in [0, 0.05) is 7.05 Å². The van der Waals surface area contributed by atoms with Gasteiger partial charge in [-0.3, -0.25) is 5.43 Å². The van der Waals surface area contributed by atoms with Gasteiger partial charge in [0.25, 0.3) is 0 Å². The first kappa shape index (κ1) is 12.0. The van der Waals surface area contributed by atoms with E-state index in [-0.39, 0.29) is 12.0 Å². The van der Waals surface area contributed by atoms with E-state index in [9.17, 15) is 0 Å². The highest BCUT2D eigenvalue weighted by molar-refractivity contribution is 5.34. The molecular formula is C8H13N9O. The Morgan fingerprint density at radius 1 is 1.33 bits per heavy atom. The van der Waals surface area contributed by atoms with E-state index in [0.717, 1.165) is 5.82 Å². The molecule has 0 aliphatic rings. The smallest absolute Gasteiger partial charge is 0.322 e. The number of nitrogens with one attached hydrogen (secondary N) is 2.